The van der Waals surface area contributed by atoms with E-state index in [1.165, 1.54) is 18.9 Å². The summed E-state index contributed by atoms with van der Waals surface area (Å²) in [5, 5.41) is 5.71. The summed E-state index contributed by atoms with van der Waals surface area (Å²) >= 11 is 1.36. The highest BCUT2D eigenvalue weighted by atomic mass is 32.2. The van der Waals surface area contributed by atoms with E-state index in [9.17, 15) is 9.59 Å². The van der Waals surface area contributed by atoms with Crippen molar-refractivity contribution in [1.82, 2.24) is 0 Å². The van der Waals surface area contributed by atoms with Crippen LogP contribution < -0.4 is 24.8 Å². The van der Waals surface area contributed by atoms with Crippen molar-refractivity contribution in [2.75, 3.05) is 37.7 Å². The van der Waals surface area contributed by atoms with Gasteiger partial charge in [0.05, 0.1) is 32.8 Å². The second kappa shape index (κ2) is 11.1. The summed E-state index contributed by atoms with van der Waals surface area (Å²) in [6.07, 6.45) is 0. The van der Waals surface area contributed by atoms with Crippen LogP contribution in [0.1, 0.15) is 10.4 Å². The molecule has 2 N–H and O–H groups in total. The number of methoxy groups -OCH3 is 3. The van der Waals surface area contributed by atoms with Gasteiger partial charge in [0.15, 0.2) is 0 Å². The van der Waals surface area contributed by atoms with Crippen LogP contribution in [0, 0.1) is 0 Å². The summed E-state index contributed by atoms with van der Waals surface area (Å²) in [4.78, 5) is 25.8. The second-order valence-electron chi connectivity index (χ2n) is 6.62. The number of benzene rings is 3. The van der Waals surface area contributed by atoms with Crippen LogP contribution in [0.2, 0.25) is 0 Å². The third-order valence-corrected chi connectivity index (χ3v) is 5.47. The molecule has 0 saturated heterocycles. The molecule has 3 rings (SSSR count). The zero-order valence-electron chi connectivity index (χ0n) is 18.0. The van der Waals surface area contributed by atoms with E-state index >= 15 is 0 Å². The number of amides is 2. The highest BCUT2D eigenvalue weighted by Crippen LogP contribution is 2.29. The lowest BCUT2D eigenvalue weighted by molar-refractivity contribution is -0.113. The van der Waals surface area contributed by atoms with Gasteiger partial charge in [0.25, 0.3) is 5.91 Å². The zero-order valence-corrected chi connectivity index (χ0v) is 18.8. The third-order valence-electron chi connectivity index (χ3n) is 4.48. The number of ether oxygens (including phenoxy) is 3. The van der Waals surface area contributed by atoms with Gasteiger partial charge in [0.1, 0.15) is 17.2 Å². The number of carbonyl (C=O) groups excluding carboxylic acids is 2. The molecule has 7 nitrogen and oxygen atoms in total. The summed E-state index contributed by atoms with van der Waals surface area (Å²) in [6, 6.07) is 19.4. The molecule has 0 fully saturated rings. The first-order valence-electron chi connectivity index (χ1n) is 9.72. The lowest BCUT2D eigenvalue weighted by atomic mass is 10.2. The quantitative estimate of drug-likeness (QED) is 0.458. The molecule has 166 valence electrons. The van der Waals surface area contributed by atoms with E-state index in [0.29, 0.717) is 34.2 Å². The van der Waals surface area contributed by atoms with Crippen molar-refractivity contribution in [3.8, 4) is 17.2 Å². The number of carbonyl (C=O) groups is 2. The van der Waals surface area contributed by atoms with Crippen LogP contribution >= 0.6 is 11.8 Å². The molecule has 0 radical (unpaired) electrons. The second-order valence-corrected chi connectivity index (χ2v) is 7.67. The van der Waals surface area contributed by atoms with Crippen LogP contribution in [0.15, 0.2) is 71.6 Å². The van der Waals surface area contributed by atoms with Crippen LogP contribution in [0.4, 0.5) is 11.4 Å². The SMILES string of the molecule is COc1cccc(C(=O)Nc2cccc(SCC(=O)Nc3ccc(OC)cc3OC)c2)c1. The Bertz CT molecular complexity index is 1100. The van der Waals surface area contributed by atoms with Crippen molar-refractivity contribution < 1.29 is 23.8 Å². The van der Waals surface area contributed by atoms with Crippen molar-refractivity contribution in [2.24, 2.45) is 0 Å². The highest BCUT2D eigenvalue weighted by Gasteiger charge is 2.11. The standard InChI is InChI=1S/C24H24N2O5S/c1-29-18-8-4-6-16(12-18)24(28)25-17-7-5-9-20(13-17)32-15-23(27)26-21-11-10-19(30-2)14-22(21)31-3/h4-14H,15H2,1-3H3,(H,25,28)(H,26,27). The van der Waals surface area contributed by atoms with Gasteiger partial charge in [-0.15, -0.1) is 11.8 Å². The molecule has 3 aromatic rings. The summed E-state index contributed by atoms with van der Waals surface area (Å²) in [7, 11) is 4.65. The Morgan fingerprint density at radius 2 is 1.56 bits per heavy atom. The van der Waals surface area contributed by atoms with Crippen molar-refractivity contribution >= 4 is 35.0 Å². The monoisotopic (exact) mass is 452 g/mol. The van der Waals surface area contributed by atoms with E-state index in [1.807, 2.05) is 18.2 Å². The molecular weight excluding hydrogens is 428 g/mol. The Morgan fingerprint density at radius 1 is 0.812 bits per heavy atom. The minimum atomic E-state index is -0.240. The molecule has 0 aromatic heterocycles. The van der Waals surface area contributed by atoms with Gasteiger partial charge in [-0.3, -0.25) is 9.59 Å². The van der Waals surface area contributed by atoms with Crippen LogP contribution in [-0.4, -0.2) is 38.9 Å². The van der Waals surface area contributed by atoms with Gasteiger partial charge >= 0.3 is 0 Å². The van der Waals surface area contributed by atoms with Gasteiger partial charge in [-0.25, -0.2) is 0 Å². The maximum absolute atomic E-state index is 12.5. The maximum atomic E-state index is 12.5. The van der Waals surface area contributed by atoms with E-state index < -0.39 is 0 Å². The zero-order chi connectivity index (χ0) is 22.9. The number of rotatable bonds is 9. The molecule has 2 amide bonds. The molecule has 0 heterocycles. The highest BCUT2D eigenvalue weighted by molar-refractivity contribution is 8.00. The van der Waals surface area contributed by atoms with Gasteiger partial charge in [-0.05, 0) is 48.5 Å². The Hall–Kier alpha value is -3.65. The van der Waals surface area contributed by atoms with Crippen LogP contribution in [0.3, 0.4) is 0 Å². The number of hydrogen-bond acceptors (Lipinski definition) is 6. The molecule has 3 aromatic carbocycles. The minimum absolute atomic E-state index is 0.177. The normalized spacial score (nSPS) is 10.2. The van der Waals surface area contributed by atoms with Crippen LogP contribution in [0.5, 0.6) is 17.2 Å². The lowest BCUT2D eigenvalue weighted by Crippen LogP contribution is -2.15. The van der Waals surface area contributed by atoms with Crippen molar-refractivity contribution in [2.45, 2.75) is 4.90 Å². The van der Waals surface area contributed by atoms with E-state index in [2.05, 4.69) is 10.6 Å². The van der Waals surface area contributed by atoms with Crippen molar-refractivity contribution in [3.05, 3.63) is 72.3 Å². The molecular formula is C24H24N2O5S. The van der Waals surface area contributed by atoms with Gasteiger partial charge < -0.3 is 24.8 Å². The minimum Gasteiger partial charge on any atom is -0.497 e. The fraction of sp³-hybridized carbons (Fsp3) is 0.167. The molecule has 0 bridgehead atoms. The van der Waals surface area contributed by atoms with Crippen LogP contribution in [0.25, 0.3) is 0 Å². The van der Waals surface area contributed by atoms with Crippen molar-refractivity contribution in [3.63, 3.8) is 0 Å². The largest absolute Gasteiger partial charge is 0.497 e. The molecule has 0 spiro atoms. The fourth-order valence-corrected chi connectivity index (χ4v) is 3.62. The lowest BCUT2D eigenvalue weighted by Gasteiger charge is -2.12. The smallest absolute Gasteiger partial charge is 0.255 e. The fourth-order valence-electron chi connectivity index (χ4n) is 2.87. The number of anilines is 2. The average molecular weight is 453 g/mol. The topological polar surface area (TPSA) is 85.9 Å². The molecule has 0 aliphatic rings. The van der Waals surface area contributed by atoms with E-state index in [-0.39, 0.29) is 17.6 Å². The number of thioether (sulfide) groups is 1. The molecule has 0 unspecified atom stereocenters. The third kappa shape index (κ3) is 6.18. The van der Waals surface area contributed by atoms with Gasteiger partial charge in [0, 0.05) is 22.2 Å². The Labute approximate surface area is 191 Å². The summed E-state index contributed by atoms with van der Waals surface area (Å²) in [5.74, 6) is 1.55. The first kappa shape index (κ1) is 23.0. The predicted octanol–water partition coefficient (Wildman–Crippen LogP) is 4.70. The van der Waals surface area contributed by atoms with Crippen LogP contribution in [-0.2, 0) is 4.79 Å². The van der Waals surface area contributed by atoms with E-state index in [4.69, 9.17) is 14.2 Å². The Morgan fingerprint density at radius 3 is 2.31 bits per heavy atom. The van der Waals surface area contributed by atoms with E-state index in [0.717, 1.165) is 4.90 Å². The first-order valence-corrected chi connectivity index (χ1v) is 10.7. The first-order chi connectivity index (χ1) is 15.5. The molecule has 0 aliphatic carbocycles. The molecule has 0 atom stereocenters. The Balaban J connectivity index is 1.59. The Kier molecular flexibility index (Phi) is 7.99. The van der Waals surface area contributed by atoms with Crippen molar-refractivity contribution in [1.29, 1.82) is 0 Å². The summed E-state index contributed by atoms with van der Waals surface area (Å²) < 4.78 is 15.6. The van der Waals surface area contributed by atoms with Gasteiger partial charge in [0.2, 0.25) is 5.91 Å². The average Bonchev–Trinajstić information content (AvgIpc) is 2.83. The molecule has 0 aliphatic heterocycles. The molecule has 8 heteroatoms. The summed E-state index contributed by atoms with van der Waals surface area (Å²) in [5.41, 5.74) is 1.70. The maximum Gasteiger partial charge on any atom is 0.255 e. The number of hydrogen-bond donors (Lipinski definition) is 2. The summed E-state index contributed by atoms with van der Waals surface area (Å²) in [6.45, 7) is 0. The molecule has 32 heavy (non-hydrogen) atoms. The number of nitrogens with one attached hydrogen (secondary N) is 2. The van der Waals surface area contributed by atoms with Gasteiger partial charge in [-0.1, -0.05) is 12.1 Å². The van der Waals surface area contributed by atoms with E-state index in [1.54, 1.807) is 62.8 Å². The predicted molar refractivity (Wildman–Crippen MR) is 126 cm³/mol. The van der Waals surface area contributed by atoms with Gasteiger partial charge in [-0.2, -0.15) is 0 Å². The molecule has 0 saturated carbocycles.